The summed E-state index contributed by atoms with van der Waals surface area (Å²) in [4.78, 5) is 0. The molecule has 0 radical (unpaired) electrons. The van der Waals surface area contributed by atoms with E-state index in [2.05, 4.69) is 19.2 Å². The molecule has 0 aromatic heterocycles. The summed E-state index contributed by atoms with van der Waals surface area (Å²) in [6.45, 7) is 5.01. The Hall–Kier alpha value is -0.930. The summed E-state index contributed by atoms with van der Waals surface area (Å²) in [7, 11) is 0. The summed E-state index contributed by atoms with van der Waals surface area (Å²) in [5, 5.41) is 13.1. The molecule has 3 heteroatoms. The highest BCUT2D eigenvalue weighted by Gasteiger charge is 2.07. The number of hydrogen-bond acceptors (Lipinski definition) is 2. The molecule has 0 saturated carbocycles. The Morgan fingerprint density at radius 2 is 1.94 bits per heavy atom. The molecule has 2 unspecified atom stereocenters. The van der Waals surface area contributed by atoms with Gasteiger partial charge in [-0.3, -0.25) is 0 Å². The van der Waals surface area contributed by atoms with Gasteiger partial charge in [0.2, 0.25) is 0 Å². The lowest BCUT2D eigenvalue weighted by Crippen LogP contribution is -2.27. The fraction of sp³-hybridized carbons (Fsp3) is 0.538. The lowest BCUT2D eigenvalue weighted by molar-refractivity contribution is 0.165. The molecule has 0 heterocycles. The van der Waals surface area contributed by atoms with Gasteiger partial charge < -0.3 is 10.4 Å². The van der Waals surface area contributed by atoms with Gasteiger partial charge in [0.15, 0.2) is 0 Å². The predicted molar refractivity (Wildman–Crippen MR) is 63.7 cm³/mol. The highest BCUT2D eigenvalue weighted by Crippen LogP contribution is 2.16. The van der Waals surface area contributed by atoms with Crippen LogP contribution in [0.15, 0.2) is 24.3 Å². The Labute approximate surface area is 96.5 Å². The van der Waals surface area contributed by atoms with Crippen LogP contribution in [0.3, 0.4) is 0 Å². The Bertz CT molecular complexity index is 299. The second kappa shape index (κ2) is 6.61. The molecule has 0 saturated heterocycles. The number of aliphatic hydroxyl groups excluding tert-OH is 1. The zero-order valence-corrected chi connectivity index (χ0v) is 9.91. The molecule has 2 N–H and O–H groups in total. The highest BCUT2D eigenvalue weighted by molar-refractivity contribution is 5.18. The molecule has 0 bridgehead atoms. The van der Waals surface area contributed by atoms with E-state index in [1.54, 1.807) is 12.1 Å². The molecule has 1 aromatic rings. The molecule has 2 atom stereocenters. The molecular weight excluding hydrogens is 205 g/mol. The standard InChI is InChI=1S/C13H20FNO/c1-3-10(2)15-9-8-13(16)11-4-6-12(14)7-5-11/h4-7,10,13,15-16H,3,8-9H2,1-2H3. The van der Waals surface area contributed by atoms with Crippen LogP contribution in [0.5, 0.6) is 0 Å². The van der Waals surface area contributed by atoms with E-state index < -0.39 is 6.10 Å². The van der Waals surface area contributed by atoms with Gasteiger partial charge in [-0.2, -0.15) is 0 Å². The van der Waals surface area contributed by atoms with E-state index in [0.717, 1.165) is 18.5 Å². The maximum absolute atomic E-state index is 12.7. The van der Waals surface area contributed by atoms with Crippen LogP contribution in [0.4, 0.5) is 4.39 Å². The lowest BCUT2D eigenvalue weighted by Gasteiger charge is -2.14. The average Bonchev–Trinajstić information content (AvgIpc) is 2.29. The van der Waals surface area contributed by atoms with Crippen molar-refractivity contribution in [3.8, 4) is 0 Å². The summed E-state index contributed by atoms with van der Waals surface area (Å²) in [6.07, 6.45) is 1.21. The molecule has 0 spiro atoms. The maximum atomic E-state index is 12.7. The fourth-order valence-corrected chi connectivity index (χ4v) is 1.46. The van der Waals surface area contributed by atoms with Gasteiger partial charge >= 0.3 is 0 Å². The average molecular weight is 225 g/mol. The third-order valence-corrected chi connectivity index (χ3v) is 2.78. The first-order chi connectivity index (χ1) is 7.63. The van der Waals surface area contributed by atoms with Crippen LogP contribution in [0.25, 0.3) is 0 Å². The molecule has 1 aromatic carbocycles. The summed E-state index contributed by atoms with van der Waals surface area (Å²) >= 11 is 0. The van der Waals surface area contributed by atoms with Crippen molar-refractivity contribution in [3.05, 3.63) is 35.6 Å². The van der Waals surface area contributed by atoms with Crippen molar-refractivity contribution in [1.29, 1.82) is 0 Å². The van der Waals surface area contributed by atoms with Gasteiger partial charge in [0.1, 0.15) is 5.82 Å². The molecule has 2 nitrogen and oxygen atoms in total. The van der Waals surface area contributed by atoms with E-state index in [-0.39, 0.29) is 5.82 Å². The number of aliphatic hydroxyl groups is 1. The van der Waals surface area contributed by atoms with E-state index in [9.17, 15) is 9.50 Å². The molecule has 1 rings (SSSR count). The van der Waals surface area contributed by atoms with Crippen LogP contribution < -0.4 is 5.32 Å². The molecule has 0 aliphatic heterocycles. The monoisotopic (exact) mass is 225 g/mol. The van der Waals surface area contributed by atoms with Gasteiger partial charge in [0, 0.05) is 6.04 Å². The largest absolute Gasteiger partial charge is 0.388 e. The SMILES string of the molecule is CCC(C)NCCC(O)c1ccc(F)cc1. The minimum absolute atomic E-state index is 0.270. The second-order valence-electron chi connectivity index (χ2n) is 4.12. The summed E-state index contributed by atoms with van der Waals surface area (Å²) in [5.74, 6) is -0.270. The number of hydrogen-bond donors (Lipinski definition) is 2. The molecule has 0 aliphatic rings. The molecule has 0 amide bonds. The van der Waals surface area contributed by atoms with Crippen LogP contribution >= 0.6 is 0 Å². The normalized spacial score (nSPS) is 14.8. The van der Waals surface area contributed by atoms with E-state index in [4.69, 9.17) is 0 Å². The van der Waals surface area contributed by atoms with Crippen molar-refractivity contribution in [2.75, 3.05) is 6.54 Å². The first-order valence-corrected chi connectivity index (χ1v) is 5.80. The van der Waals surface area contributed by atoms with Crippen molar-refractivity contribution >= 4 is 0 Å². The van der Waals surface area contributed by atoms with E-state index in [1.165, 1.54) is 12.1 Å². The number of halogens is 1. The van der Waals surface area contributed by atoms with Crippen LogP contribution in [0.2, 0.25) is 0 Å². The van der Waals surface area contributed by atoms with E-state index in [0.29, 0.717) is 12.5 Å². The van der Waals surface area contributed by atoms with Crippen molar-refractivity contribution in [3.63, 3.8) is 0 Å². The molecule has 16 heavy (non-hydrogen) atoms. The molecular formula is C13H20FNO. The minimum atomic E-state index is -0.517. The van der Waals surface area contributed by atoms with Crippen LogP contribution in [0, 0.1) is 5.82 Å². The summed E-state index contributed by atoms with van der Waals surface area (Å²) < 4.78 is 12.7. The van der Waals surface area contributed by atoms with Gasteiger partial charge in [0.25, 0.3) is 0 Å². The summed E-state index contributed by atoms with van der Waals surface area (Å²) in [6, 6.07) is 6.48. The zero-order valence-electron chi connectivity index (χ0n) is 9.91. The first-order valence-electron chi connectivity index (χ1n) is 5.80. The van der Waals surface area contributed by atoms with Crippen molar-refractivity contribution in [1.82, 2.24) is 5.32 Å². The van der Waals surface area contributed by atoms with Gasteiger partial charge in [-0.15, -0.1) is 0 Å². The van der Waals surface area contributed by atoms with Crippen LogP contribution in [0.1, 0.15) is 38.4 Å². The maximum Gasteiger partial charge on any atom is 0.123 e. The van der Waals surface area contributed by atoms with Crippen molar-refractivity contribution < 1.29 is 9.50 Å². The van der Waals surface area contributed by atoms with E-state index >= 15 is 0 Å². The Balaban J connectivity index is 2.35. The fourth-order valence-electron chi connectivity index (χ4n) is 1.46. The topological polar surface area (TPSA) is 32.3 Å². The molecule has 0 aliphatic carbocycles. The van der Waals surface area contributed by atoms with Gasteiger partial charge in [0.05, 0.1) is 6.10 Å². The molecule has 0 fully saturated rings. The second-order valence-corrected chi connectivity index (χ2v) is 4.12. The minimum Gasteiger partial charge on any atom is -0.388 e. The quantitative estimate of drug-likeness (QED) is 0.780. The van der Waals surface area contributed by atoms with Crippen molar-refractivity contribution in [2.45, 2.75) is 38.8 Å². The highest BCUT2D eigenvalue weighted by atomic mass is 19.1. The van der Waals surface area contributed by atoms with Gasteiger partial charge in [-0.25, -0.2) is 4.39 Å². The number of rotatable bonds is 6. The zero-order chi connectivity index (χ0) is 12.0. The van der Waals surface area contributed by atoms with Gasteiger partial charge in [-0.05, 0) is 44.0 Å². The Morgan fingerprint density at radius 1 is 1.31 bits per heavy atom. The third-order valence-electron chi connectivity index (χ3n) is 2.78. The first kappa shape index (κ1) is 13.1. The number of benzene rings is 1. The van der Waals surface area contributed by atoms with Crippen LogP contribution in [-0.4, -0.2) is 17.7 Å². The Morgan fingerprint density at radius 3 is 2.50 bits per heavy atom. The third kappa shape index (κ3) is 4.29. The lowest BCUT2D eigenvalue weighted by atomic mass is 10.1. The van der Waals surface area contributed by atoms with Crippen molar-refractivity contribution in [2.24, 2.45) is 0 Å². The van der Waals surface area contributed by atoms with E-state index in [1.807, 2.05) is 0 Å². The smallest absolute Gasteiger partial charge is 0.123 e. The number of nitrogens with one attached hydrogen (secondary N) is 1. The van der Waals surface area contributed by atoms with Gasteiger partial charge in [-0.1, -0.05) is 19.1 Å². The molecule has 90 valence electrons. The summed E-state index contributed by atoms with van der Waals surface area (Å²) in [5.41, 5.74) is 0.771. The predicted octanol–water partition coefficient (Wildman–Crippen LogP) is 2.64. The Kier molecular flexibility index (Phi) is 5.43. The van der Waals surface area contributed by atoms with Crippen LogP contribution in [-0.2, 0) is 0 Å².